The molecule has 1 N–H and O–H groups in total. The summed E-state index contributed by atoms with van der Waals surface area (Å²) in [4.78, 5) is 0. The summed E-state index contributed by atoms with van der Waals surface area (Å²) in [6, 6.07) is 18.7. The van der Waals surface area contributed by atoms with Crippen molar-refractivity contribution in [3.8, 4) is 11.1 Å². The van der Waals surface area contributed by atoms with Crippen molar-refractivity contribution < 1.29 is 0 Å². The Balaban J connectivity index is 2.18. The normalized spacial score (nSPS) is 10.7. The first-order valence-corrected chi connectivity index (χ1v) is 6.54. The Kier molecular flexibility index (Phi) is 4.86. The molecular weight excluding hydrogens is 242 g/mol. The first-order valence-electron chi connectivity index (χ1n) is 6.01. The molecule has 2 rings (SSSR count). The molecule has 0 unspecified atom stereocenters. The lowest BCUT2D eigenvalue weighted by atomic mass is 10.0. The van der Waals surface area contributed by atoms with Gasteiger partial charge >= 0.3 is 0 Å². The van der Waals surface area contributed by atoms with E-state index < -0.39 is 0 Å². The molecule has 0 spiro atoms. The zero-order valence-corrected chi connectivity index (χ0v) is 10.9. The van der Waals surface area contributed by atoms with Crippen LogP contribution >= 0.6 is 11.6 Å². The predicted octanol–water partition coefficient (Wildman–Crippen LogP) is 4.56. The molecule has 0 aliphatic rings. The number of halogens is 1. The minimum Gasteiger partial charge on any atom is -0.381 e. The minimum atomic E-state index is 0.558. The summed E-state index contributed by atoms with van der Waals surface area (Å²) < 4.78 is 0. The van der Waals surface area contributed by atoms with Crippen LogP contribution in [0.4, 0.5) is 5.69 Å². The van der Waals surface area contributed by atoms with Gasteiger partial charge in [0.25, 0.3) is 0 Å². The van der Waals surface area contributed by atoms with Gasteiger partial charge in [-0.1, -0.05) is 60.7 Å². The average molecular weight is 258 g/mol. The van der Waals surface area contributed by atoms with E-state index in [0.717, 1.165) is 12.2 Å². The quantitative estimate of drug-likeness (QED) is 0.612. The number of hydrogen-bond acceptors (Lipinski definition) is 1. The molecule has 18 heavy (non-hydrogen) atoms. The maximum Gasteiger partial charge on any atom is 0.0422 e. The fourth-order valence-electron chi connectivity index (χ4n) is 1.82. The van der Waals surface area contributed by atoms with Crippen LogP contribution in [0.3, 0.4) is 0 Å². The van der Waals surface area contributed by atoms with Crippen LogP contribution in [-0.4, -0.2) is 12.4 Å². The molecule has 0 fully saturated rings. The summed E-state index contributed by atoms with van der Waals surface area (Å²) in [7, 11) is 0. The highest BCUT2D eigenvalue weighted by molar-refractivity contribution is 6.18. The van der Waals surface area contributed by atoms with Crippen LogP contribution in [0, 0.1) is 0 Å². The van der Waals surface area contributed by atoms with Gasteiger partial charge in [-0.05, 0) is 11.6 Å². The zero-order valence-electron chi connectivity index (χ0n) is 10.1. The van der Waals surface area contributed by atoms with Crippen molar-refractivity contribution in [2.45, 2.75) is 0 Å². The smallest absolute Gasteiger partial charge is 0.0422 e. The van der Waals surface area contributed by atoms with Crippen molar-refractivity contribution in [1.29, 1.82) is 0 Å². The number of alkyl halides is 1. The molecule has 0 aliphatic heterocycles. The molecule has 0 aromatic heterocycles. The molecule has 0 saturated heterocycles. The van der Waals surface area contributed by atoms with E-state index in [4.69, 9.17) is 11.6 Å². The second kappa shape index (κ2) is 6.87. The van der Waals surface area contributed by atoms with Gasteiger partial charge in [-0.25, -0.2) is 0 Å². The third kappa shape index (κ3) is 3.38. The van der Waals surface area contributed by atoms with Crippen LogP contribution in [0.5, 0.6) is 0 Å². The molecule has 0 radical (unpaired) electrons. The molecule has 1 nitrogen and oxygen atoms in total. The van der Waals surface area contributed by atoms with Crippen LogP contribution in [0.25, 0.3) is 11.1 Å². The number of allylic oxidation sites excluding steroid dienone is 1. The highest BCUT2D eigenvalue weighted by atomic mass is 35.5. The van der Waals surface area contributed by atoms with Crippen LogP contribution in [-0.2, 0) is 0 Å². The van der Waals surface area contributed by atoms with Gasteiger partial charge in [0.15, 0.2) is 0 Å². The van der Waals surface area contributed by atoms with Crippen LogP contribution < -0.4 is 5.32 Å². The Morgan fingerprint density at radius 2 is 1.61 bits per heavy atom. The van der Waals surface area contributed by atoms with Gasteiger partial charge in [0.1, 0.15) is 0 Å². The predicted molar refractivity (Wildman–Crippen MR) is 80.2 cm³/mol. The molecule has 0 atom stereocenters. The number of nitrogens with one attached hydrogen (secondary N) is 1. The lowest BCUT2D eigenvalue weighted by Crippen LogP contribution is -1.99. The Morgan fingerprint density at radius 1 is 0.889 bits per heavy atom. The van der Waals surface area contributed by atoms with Crippen molar-refractivity contribution in [3.05, 3.63) is 66.7 Å². The molecule has 0 saturated carbocycles. The fraction of sp³-hybridized carbons (Fsp3) is 0.125. The van der Waals surface area contributed by atoms with Crippen molar-refractivity contribution in [2.24, 2.45) is 0 Å². The van der Waals surface area contributed by atoms with Crippen molar-refractivity contribution >= 4 is 17.3 Å². The van der Waals surface area contributed by atoms with Gasteiger partial charge in [0, 0.05) is 23.7 Å². The molecule has 0 aliphatic carbocycles. The van der Waals surface area contributed by atoms with Gasteiger partial charge in [0.2, 0.25) is 0 Å². The summed E-state index contributed by atoms with van der Waals surface area (Å²) >= 11 is 5.60. The van der Waals surface area contributed by atoms with Crippen LogP contribution in [0.2, 0.25) is 0 Å². The summed E-state index contributed by atoms with van der Waals surface area (Å²) in [6.45, 7) is 0.788. The Morgan fingerprint density at radius 3 is 2.39 bits per heavy atom. The standard InChI is InChI=1S/C16H16ClN/c17-12-6-7-13-18-16-11-5-4-10-15(16)14-8-2-1-3-9-14/h1-11,18H,12-13H2/b7-6+. The van der Waals surface area contributed by atoms with Gasteiger partial charge in [0.05, 0.1) is 0 Å². The Bertz CT molecular complexity index is 506. The second-order valence-electron chi connectivity index (χ2n) is 3.92. The van der Waals surface area contributed by atoms with E-state index in [1.807, 2.05) is 24.3 Å². The van der Waals surface area contributed by atoms with Crippen LogP contribution in [0.15, 0.2) is 66.7 Å². The van der Waals surface area contributed by atoms with E-state index in [0.29, 0.717) is 5.88 Å². The van der Waals surface area contributed by atoms with E-state index in [9.17, 15) is 0 Å². The number of para-hydroxylation sites is 1. The number of rotatable bonds is 5. The number of anilines is 1. The van der Waals surface area contributed by atoms with Crippen molar-refractivity contribution in [1.82, 2.24) is 0 Å². The summed E-state index contributed by atoms with van der Waals surface area (Å²) in [5.74, 6) is 0.558. The molecule has 0 amide bonds. The topological polar surface area (TPSA) is 12.0 Å². The third-order valence-electron chi connectivity index (χ3n) is 2.68. The lowest BCUT2D eigenvalue weighted by Gasteiger charge is -2.10. The highest BCUT2D eigenvalue weighted by Gasteiger charge is 2.02. The Labute approximate surface area is 113 Å². The van der Waals surface area contributed by atoms with E-state index in [1.54, 1.807) is 0 Å². The fourth-order valence-corrected chi connectivity index (χ4v) is 1.95. The second-order valence-corrected chi connectivity index (χ2v) is 4.23. The van der Waals surface area contributed by atoms with Gasteiger partial charge in [-0.3, -0.25) is 0 Å². The molecule has 2 heteroatoms. The first-order chi connectivity index (χ1) is 8.92. The molecule has 2 aromatic rings. The monoisotopic (exact) mass is 257 g/mol. The van der Waals surface area contributed by atoms with E-state index in [-0.39, 0.29) is 0 Å². The molecule has 92 valence electrons. The first kappa shape index (κ1) is 12.7. The number of benzene rings is 2. The van der Waals surface area contributed by atoms with Crippen molar-refractivity contribution in [2.75, 3.05) is 17.7 Å². The molecule has 2 aromatic carbocycles. The summed E-state index contributed by atoms with van der Waals surface area (Å²) in [5, 5.41) is 3.40. The van der Waals surface area contributed by atoms with Crippen molar-refractivity contribution in [3.63, 3.8) is 0 Å². The largest absolute Gasteiger partial charge is 0.381 e. The van der Waals surface area contributed by atoms with E-state index >= 15 is 0 Å². The van der Waals surface area contributed by atoms with Crippen LogP contribution in [0.1, 0.15) is 0 Å². The summed E-state index contributed by atoms with van der Waals surface area (Å²) in [6.07, 6.45) is 3.98. The molecular formula is C16H16ClN. The van der Waals surface area contributed by atoms with Gasteiger partial charge < -0.3 is 5.32 Å². The maximum atomic E-state index is 5.60. The molecule has 0 bridgehead atoms. The molecule has 0 heterocycles. The van der Waals surface area contributed by atoms with E-state index in [1.165, 1.54) is 11.1 Å². The van der Waals surface area contributed by atoms with E-state index in [2.05, 4.69) is 47.8 Å². The third-order valence-corrected chi connectivity index (χ3v) is 2.86. The lowest BCUT2D eigenvalue weighted by molar-refractivity contribution is 1.33. The highest BCUT2D eigenvalue weighted by Crippen LogP contribution is 2.27. The van der Waals surface area contributed by atoms with Gasteiger partial charge in [-0.15, -0.1) is 11.6 Å². The van der Waals surface area contributed by atoms with Gasteiger partial charge in [-0.2, -0.15) is 0 Å². The minimum absolute atomic E-state index is 0.558. The summed E-state index contributed by atoms with van der Waals surface area (Å²) in [5.41, 5.74) is 3.59. The number of hydrogen-bond donors (Lipinski definition) is 1. The Hall–Kier alpha value is -1.73. The average Bonchev–Trinajstić information content (AvgIpc) is 2.45. The maximum absolute atomic E-state index is 5.60. The zero-order chi connectivity index (χ0) is 12.6. The SMILES string of the molecule is ClC/C=C/CNc1ccccc1-c1ccccc1.